The van der Waals surface area contributed by atoms with Gasteiger partial charge in [-0.1, -0.05) is 18.2 Å². The van der Waals surface area contributed by atoms with Crippen LogP contribution in [0.2, 0.25) is 0 Å². The Labute approximate surface area is 81.9 Å². The number of rotatable bonds is 1. The van der Waals surface area contributed by atoms with Crippen LogP contribution < -0.4 is 0 Å². The average molecular weight is 187 g/mol. The molecule has 1 nitrogen and oxygen atoms in total. The van der Waals surface area contributed by atoms with Gasteiger partial charge in [0.25, 0.3) is 0 Å². The maximum atomic E-state index is 12.6. The Morgan fingerprint density at radius 3 is 2.93 bits per heavy atom. The molecule has 0 aliphatic carbocycles. The first-order chi connectivity index (χ1) is 6.75. The summed E-state index contributed by atoms with van der Waals surface area (Å²) < 4.78 is 12.6. The zero-order valence-electron chi connectivity index (χ0n) is 7.87. The van der Waals surface area contributed by atoms with Gasteiger partial charge in [-0.25, -0.2) is 4.39 Å². The van der Waals surface area contributed by atoms with Crippen molar-refractivity contribution in [1.29, 1.82) is 0 Å². The molecule has 2 heteroatoms. The Morgan fingerprint density at radius 1 is 1.36 bits per heavy atom. The molecule has 1 aromatic carbocycles. The molecule has 2 rings (SSSR count). The van der Waals surface area contributed by atoms with E-state index in [2.05, 4.69) is 4.98 Å². The highest BCUT2D eigenvalue weighted by Gasteiger charge is 1.95. The number of benzene rings is 1. The molecule has 0 bridgehead atoms. The van der Waals surface area contributed by atoms with Gasteiger partial charge in [-0.2, -0.15) is 0 Å². The topological polar surface area (TPSA) is 12.9 Å². The SMILES string of the molecule is C/C(F)=C\c1cnc2ccccc2c1. The number of hydrogen-bond donors (Lipinski definition) is 0. The van der Waals surface area contributed by atoms with Gasteiger partial charge < -0.3 is 0 Å². The van der Waals surface area contributed by atoms with Gasteiger partial charge in [0.15, 0.2) is 0 Å². The highest BCUT2D eigenvalue weighted by Crippen LogP contribution is 2.14. The number of para-hydroxylation sites is 1. The second kappa shape index (κ2) is 3.58. The first-order valence-corrected chi connectivity index (χ1v) is 4.44. The van der Waals surface area contributed by atoms with E-state index < -0.39 is 0 Å². The van der Waals surface area contributed by atoms with E-state index in [0.29, 0.717) is 0 Å². The molecule has 0 amide bonds. The largest absolute Gasteiger partial charge is 0.256 e. The maximum absolute atomic E-state index is 12.6. The summed E-state index contributed by atoms with van der Waals surface area (Å²) in [6, 6.07) is 9.70. The minimum absolute atomic E-state index is 0.206. The number of allylic oxidation sites excluding steroid dienone is 1. The maximum Gasteiger partial charge on any atom is 0.0975 e. The number of aromatic nitrogens is 1. The predicted molar refractivity (Wildman–Crippen MR) is 56.5 cm³/mol. The summed E-state index contributed by atoms with van der Waals surface area (Å²) in [5.74, 6) is -0.206. The third-order valence-electron chi connectivity index (χ3n) is 1.98. The molecule has 1 aromatic heterocycles. The lowest BCUT2D eigenvalue weighted by Crippen LogP contribution is -1.80. The van der Waals surface area contributed by atoms with E-state index in [9.17, 15) is 4.39 Å². The van der Waals surface area contributed by atoms with Crippen LogP contribution in [0.15, 0.2) is 42.4 Å². The molecule has 0 saturated carbocycles. The fourth-order valence-corrected chi connectivity index (χ4v) is 1.40. The fraction of sp³-hybridized carbons (Fsp3) is 0.0833. The van der Waals surface area contributed by atoms with Crippen molar-refractivity contribution in [3.8, 4) is 0 Å². The van der Waals surface area contributed by atoms with Gasteiger partial charge in [0, 0.05) is 11.6 Å². The molecule has 0 aliphatic rings. The van der Waals surface area contributed by atoms with Crippen molar-refractivity contribution in [1.82, 2.24) is 4.98 Å². The van der Waals surface area contributed by atoms with Gasteiger partial charge >= 0.3 is 0 Å². The first-order valence-electron chi connectivity index (χ1n) is 4.44. The van der Waals surface area contributed by atoms with E-state index in [1.807, 2.05) is 30.3 Å². The van der Waals surface area contributed by atoms with Crippen LogP contribution in [0.3, 0.4) is 0 Å². The number of hydrogen-bond acceptors (Lipinski definition) is 1. The molecule has 0 fully saturated rings. The van der Waals surface area contributed by atoms with E-state index in [1.54, 1.807) is 6.20 Å². The second-order valence-corrected chi connectivity index (χ2v) is 3.19. The molecular formula is C12H10FN. The molecular weight excluding hydrogens is 177 g/mol. The van der Waals surface area contributed by atoms with E-state index in [-0.39, 0.29) is 5.83 Å². The molecule has 2 aromatic rings. The quantitative estimate of drug-likeness (QED) is 0.665. The van der Waals surface area contributed by atoms with E-state index in [0.717, 1.165) is 16.5 Å². The number of halogens is 1. The minimum atomic E-state index is -0.206. The highest BCUT2D eigenvalue weighted by molar-refractivity contribution is 5.80. The Morgan fingerprint density at radius 2 is 2.14 bits per heavy atom. The lowest BCUT2D eigenvalue weighted by atomic mass is 10.1. The lowest BCUT2D eigenvalue weighted by molar-refractivity contribution is 0.648. The van der Waals surface area contributed by atoms with Gasteiger partial charge in [-0.05, 0) is 30.7 Å². The number of fused-ring (bicyclic) bond motifs is 1. The third kappa shape index (κ3) is 1.79. The van der Waals surface area contributed by atoms with Crippen molar-refractivity contribution in [2.75, 3.05) is 0 Å². The summed E-state index contributed by atoms with van der Waals surface area (Å²) in [7, 11) is 0. The van der Waals surface area contributed by atoms with Crippen LogP contribution in [0.1, 0.15) is 12.5 Å². The van der Waals surface area contributed by atoms with Gasteiger partial charge in [0.1, 0.15) is 0 Å². The monoisotopic (exact) mass is 187 g/mol. The van der Waals surface area contributed by atoms with E-state index >= 15 is 0 Å². The molecule has 0 atom stereocenters. The number of nitrogens with zero attached hydrogens (tertiary/aromatic N) is 1. The Hall–Kier alpha value is -1.70. The van der Waals surface area contributed by atoms with Crippen LogP contribution >= 0.6 is 0 Å². The van der Waals surface area contributed by atoms with Crippen LogP contribution in [0.4, 0.5) is 4.39 Å². The Balaban J connectivity index is 2.57. The first kappa shape index (κ1) is 8.88. The lowest BCUT2D eigenvalue weighted by Gasteiger charge is -1.97. The minimum Gasteiger partial charge on any atom is -0.256 e. The molecule has 0 N–H and O–H groups in total. The van der Waals surface area contributed by atoms with Crippen molar-refractivity contribution >= 4 is 17.0 Å². The summed E-state index contributed by atoms with van der Waals surface area (Å²) in [6.45, 7) is 1.43. The van der Waals surface area contributed by atoms with Crippen LogP contribution in [0.5, 0.6) is 0 Å². The molecule has 0 saturated heterocycles. The van der Waals surface area contributed by atoms with E-state index in [4.69, 9.17) is 0 Å². The molecule has 70 valence electrons. The van der Waals surface area contributed by atoms with Crippen molar-refractivity contribution in [3.05, 3.63) is 47.9 Å². The van der Waals surface area contributed by atoms with Crippen LogP contribution in [0.25, 0.3) is 17.0 Å². The average Bonchev–Trinajstić information content (AvgIpc) is 2.17. The van der Waals surface area contributed by atoms with Crippen molar-refractivity contribution < 1.29 is 4.39 Å². The molecule has 0 unspecified atom stereocenters. The van der Waals surface area contributed by atoms with Crippen molar-refractivity contribution in [2.45, 2.75) is 6.92 Å². The van der Waals surface area contributed by atoms with Crippen molar-refractivity contribution in [2.24, 2.45) is 0 Å². The van der Waals surface area contributed by atoms with Gasteiger partial charge in [-0.15, -0.1) is 0 Å². The van der Waals surface area contributed by atoms with Crippen LogP contribution in [0, 0.1) is 0 Å². The normalized spacial score (nSPS) is 12.0. The smallest absolute Gasteiger partial charge is 0.0975 e. The summed E-state index contributed by atoms with van der Waals surface area (Å²) in [4.78, 5) is 4.22. The summed E-state index contributed by atoms with van der Waals surface area (Å²) in [5.41, 5.74) is 1.73. The Bertz CT molecular complexity index is 484. The number of pyridine rings is 1. The predicted octanol–water partition coefficient (Wildman–Crippen LogP) is 3.57. The van der Waals surface area contributed by atoms with Gasteiger partial charge in [0.2, 0.25) is 0 Å². The highest BCUT2D eigenvalue weighted by atomic mass is 19.1. The molecule has 0 radical (unpaired) electrons. The molecule has 0 spiro atoms. The van der Waals surface area contributed by atoms with Crippen LogP contribution in [-0.2, 0) is 0 Å². The van der Waals surface area contributed by atoms with Gasteiger partial charge in [-0.3, -0.25) is 4.98 Å². The summed E-state index contributed by atoms with van der Waals surface area (Å²) in [6.07, 6.45) is 3.14. The molecule has 14 heavy (non-hydrogen) atoms. The van der Waals surface area contributed by atoms with Crippen molar-refractivity contribution in [3.63, 3.8) is 0 Å². The zero-order chi connectivity index (χ0) is 9.97. The zero-order valence-corrected chi connectivity index (χ0v) is 7.87. The molecule has 0 aliphatic heterocycles. The van der Waals surface area contributed by atoms with E-state index in [1.165, 1.54) is 13.0 Å². The molecule has 1 heterocycles. The second-order valence-electron chi connectivity index (χ2n) is 3.19. The summed E-state index contributed by atoms with van der Waals surface area (Å²) in [5, 5.41) is 1.03. The Kier molecular flexibility index (Phi) is 2.27. The summed E-state index contributed by atoms with van der Waals surface area (Å²) >= 11 is 0. The fourth-order valence-electron chi connectivity index (χ4n) is 1.40. The van der Waals surface area contributed by atoms with Crippen LogP contribution in [-0.4, -0.2) is 4.98 Å². The third-order valence-corrected chi connectivity index (χ3v) is 1.98. The van der Waals surface area contributed by atoms with Gasteiger partial charge in [0.05, 0.1) is 11.3 Å². The standard InChI is InChI=1S/C12H10FN/c1-9(13)6-10-7-11-4-2-3-5-12(11)14-8-10/h2-8H,1H3/b9-6+.